The van der Waals surface area contributed by atoms with Crippen molar-refractivity contribution in [3.63, 3.8) is 0 Å². The summed E-state index contributed by atoms with van der Waals surface area (Å²) in [6.45, 7) is 14.8. The predicted octanol–water partition coefficient (Wildman–Crippen LogP) is 3.03. The van der Waals surface area contributed by atoms with Gasteiger partial charge in [-0.1, -0.05) is 47.1 Å². The molecule has 1 aliphatic carbocycles. The first-order chi connectivity index (χ1) is 16.7. The molecule has 1 aliphatic rings. The number of nitrogens with one attached hydrogen (secondary N) is 1. The van der Waals surface area contributed by atoms with Crippen molar-refractivity contribution >= 4 is 16.9 Å². The van der Waals surface area contributed by atoms with Gasteiger partial charge in [0, 0.05) is 32.1 Å². The van der Waals surface area contributed by atoms with E-state index in [1.165, 1.54) is 4.57 Å². The Balaban J connectivity index is 1.94. The van der Waals surface area contributed by atoms with Gasteiger partial charge in [0.2, 0.25) is 5.91 Å². The van der Waals surface area contributed by atoms with Gasteiger partial charge in [-0.3, -0.25) is 14.7 Å². The number of carbonyl (C=O) groups is 1. The van der Waals surface area contributed by atoms with Gasteiger partial charge in [-0.05, 0) is 61.4 Å². The first-order valence-corrected chi connectivity index (χ1v) is 13.4. The molecule has 8 heteroatoms. The number of aromatic nitrogens is 2. The molecule has 3 rings (SSSR count). The van der Waals surface area contributed by atoms with Gasteiger partial charge in [-0.2, -0.15) is 0 Å². The fraction of sp³-hybridized carbons (Fsp3) is 0.704. The number of carbonyl (C=O) groups excluding carboxylic acids is 1. The topological polar surface area (TPSA) is 106 Å². The van der Waals surface area contributed by atoms with Gasteiger partial charge >= 0.3 is 5.69 Å². The zero-order valence-corrected chi connectivity index (χ0v) is 22.2. The number of hydrogen-bond donors (Lipinski definition) is 3. The summed E-state index contributed by atoms with van der Waals surface area (Å²) in [7, 11) is 0. The molecule has 1 fully saturated rings. The van der Waals surface area contributed by atoms with Crippen molar-refractivity contribution in [3.8, 4) is 0 Å². The molecule has 0 amide bonds. The summed E-state index contributed by atoms with van der Waals surface area (Å²) >= 11 is 0. The number of aliphatic hydroxyl groups excluding tert-OH is 1. The zero-order valence-electron chi connectivity index (χ0n) is 22.2. The first kappa shape index (κ1) is 27.6. The summed E-state index contributed by atoms with van der Waals surface area (Å²) in [4.78, 5) is 29.6. The van der Waals surface area contributed by atoms with E-state index in [9.17, 15) is 14.7 Å². The van der Waals surface area contributed by atoms with Crippen LogP contribution >= 0.6 is 0 Å². The smallest absolute Gasteiger partial charge is 0.336 e. The second kappa shape index (κ2) is 12.3. The van der Waals surface area contributed by atoms with Crippen LogP contribution < -0.4 is 16.7 Å². The van der Waals surface area contributed by atoms with Gasteiger partial charge in [0.25, 0.3) is 0 Å². The van der Waals surface area contributed by atoms with Crippen LogP contribution in [0.2, 0.25) is 0 Å². The van der Waals surface area contributed by atoms with Gasteiger partial charge in [-0.25, -0.2) is 9.36 Å². The maximum Gasteiger partial charge on any atom is 0.336 e. The fourth-order valence-corrected chi connectivity index (χ4v) is 5.67. The highest BCUT2D eigenvalue weighted by Crippen LogP contribution is 2.39. The molecule has 0 spiro atoms. The van der Waals surface area contributed by atoms with E-state index in [1.807, 2.05) is 6.07 Å². The van der Waals surface area contributed by atoms with Gasteiger partial charge in [0.15, 0.2) is 0 Å². The summed E-state index contributed by atoms with van der Waals surface area (Å²) in [5.74, 6) is 0.853. The van der Waals surface area contributed by atoms with Crippen LogP contribution in [0.25, 0.3) is 11.0 Å². The molecule has 1 heterocycles. The molecular weight excluding hydrogens is 442 g/mol. The first-order valence-electron chi connectivity index (χ1n) is 13.4. The second-order valence-corrected chi connectivity index (χ2v) is 10.5. The zero-order chi connectivity index (χ0) is 25.7. The highest BCUT2D eigenvalue weighted by molar-refractivity contribution is 5.92. The van der Waals surface area contributed by atoms with Crippen LogP contribution in [0.1, 0.15) is 70.5 Å². The lowest BCUT2D eigenvalue weighted by atomic mass is 9.69. The summed E-state index contributed by atoms with van der Waals surface area (Å²) < 4.78 is 2.95. The Morgan fingerprint density at radius 3 is 2.57 bits per heavy atom. The van der Waals surface area contributed by atoms with Gasteiger partial charge < -0.3 is 15.7 Å². The van der Waals surface area contributed by atoms with E-state index in [-0.39, 0.29) is 30.0 Å². The number of likely N-dealkylation sites (N-methyl/N-ethyl adjacent to an activating group) is 1. The molecule has 0 saturated heterocycles. The van der Waals surface area contributed by atoms with E-state index < -0.39 is 6.23 Å². The standard InChI is InChI=1S/C27H45N5O3/c1-6-30(7-2)15-13-29-25(33)20-9-11-23-24(17-20)31(14-12-28)27(35)32(23)26(34)22-16-19(5)8-10-21(22)18(3)4/h9,11,17-19,21-22,25,29,33H,6-8,10,12-16,28H2,1-5H3/t19-,21+,22-,25?/m1/s1. The minimum Gasteiger partial charge on any atom is -0.374 e. The number of nitrogens with two attached hydrogens (primary N) is 1. The molecule has 8 nitrogen and oxygen atoms in total. The third-order valence-corrected chi connectivity index (χ3v) is 7.84. The minimum atomic E-state index is -0.861. The monoisotopic (exact) mass is 487 g/mol. The number of hydrogen-bond acceptors (Lipinski definition) is 6. The highest BCUT2D eigenvalue weighted by Gasteiger charge is 2.37. The Kier molecular flexibility index (Phi) is 9.69. The summed E-state index contributed by atoms with van der Waals surface area (Å²) in [6, 6.07) is 5.41. The van der Waals surface area contributed by atoms with Crippen molar-refractivity contribution in [1.29, 1.82) is 0 Å². The highest BCUT2D eigenvalue weighted by atomic mass is 16.3. The van der Waals surface area contributed by atoms with E-state index in [2.05, 4.69) is 44.8 Å². The molecule has 4 N–H and O–H groups in total. The maximum absolute atomic E-state index is 13.8. The third-order valence-electron chi connectivity index (χ3n) is 7.84. The average molecular weight is 488 g/mol. The number of imidazole rings is 1. The molecule has 1 aromatic carbocycles. The van der Waals surface area contributed by atoms with E-state index >= 15 is 0 Å². The Labute approximate surface area is 209 Å². The van der Waals surface area contributed by atoms with Gasteiger partial charge in [0.1, 0.15) is 6.23 Å². The number of rotatable bonds is 11. The lowest BCUT2D eigenvalue weighted by Gasteiger charge is -2.36. The summed E-state index contributed by atoms with van der Waals surface area (Å²) in [5, 5.41) is 13.9. The molecule has 2 aromatic rings. The van der Waals surface area contributed by atoms with Crippen LogP contribution in [-0.2, 0) is 6.54 Å². The third kappa shape index (κ3) is 6.05. The second-order valence-electron chi connectivity index (χ2n) is 10.5. The van der Waals surface area contributed by atoms with Crippen LogP contribution in [-0.4, -0.2) is 57.8 Å². The summed E-state index contributed by atoms with van der Waals surface area (Å²) in [5.41, 5.74) is 7.39. The van der Waals surface area contributed by atoms with E-state index in [1.54, 1.807) is 16.7 Å². The number of aliphatic hydroxyl groups is 1. The van der Waals surface area contributed by atoms with Crippen LogP contribution in [0.15, 0.2) is 23.0 Å². The van der Waals surface area contributed by atoms with Crippen LogP contribution in [0.3, 0.4) is 0 Å². The molecule has 35 heavy (non-hydrogen) atoms. The molecular formula is C27H45N5O3. The fourth-order valence-electron chi connectivity index (χ4n) is 5.67. The molecule has 1 saturated carbocycles. The quantitative estimate of drug-likeness (QED) is 0.421. The van der Waals surface area contributed by atoms with Gasteiger partial charge in [0.05, 0.1) is 11.0 Å². The molecule has 0 bridgehead atoms. The van der Waals surface area contributed by atoms with Crippen LogP contribution in [0.4, 0.5) is 0 Å². The molecule has 0 radical (unpaired) electrons. The Morgan fingerprint density at radius 2 is 1.94 bits per heavy atom. The normalized spacial score (nSPS) is 21.8. The van der Waals surface area contributed by atoms with Gasteiger partial charge in [-0.15, -0.1) is 0 Å². The van der Waals surface area contributed by atoms with Crippen LogP contribution in [0, 0.1) is 23.7 Å². The lowest BCUT2D eigenvalue weighted by molar-refractivity contribution is 0.0633. The van der Waals surface area contributed by atoms with E-state index in [4.69, 9.17) is 5.73 Å². The van der Waals surface area contributed by atoms with Crippen molar-refractivity contribution in [2.24, 2.45) is 29.4 Å². The van der Waals surface area contributed by atoms with Crippen molar-refractivity contribution in [2.75, 3.05) is 32.7 Å². The molecule has 1 aromatic heterocycles. The Bertz CT molecular complexity index is 1040. The van der Waals surface area contributed by atoms with Crippen LogP contribution in [0.5, 0.6) is 0 Å². The number of benzene rings is 1. The lowest BCUT2D eigenvalue weighted by Crippen LogP contribution is -2.40. The van der Waals surface area contributed by atoms with E-state index in [0.29, 0.717) is 41.5 Å². The number of fused-ring (bicyclic) bond motifs is 1. The maximum atomic E-state index is 13.8. The molecule has 1 unspecified atom stereocenters. The Morgan fingerprint density at radius 1 is 1.23 bits per heavy atom. The van der Waals surface area contributed by atoms with Crippen molar-refractivity contribution in [2.45, 2.75) is 66.7 Å². The molecule has 196 valence electrons. The largest absolute Gasteiger partial charge is 0.374 e. The Hall–Kier alpha value is -2.00. The van der Waals surface area contributed by atoms with E-state index in [0.717, 1.165) is 38.9 Å². The minimum absolute atomic E-state index is 0.105. The van der Waals surface area contributed by atoms with Crippen molar-refractivity contribution in [1.82, 2.24) is 19.4 Å². The molecule has 4 atom stereocenters. The SMILES string of the molecule is CCN(CC)CCNC(O)c1ccc2c(c1)n(CCN)c(=O)n2C(=O)[C@@H]1C[C@H](C)CC[C@H]1C(C)C. The summed E-state index contributed by atoms with van der Waals surface area (Å²) in [6.07, 6.45) is 2.09. The predicted molar refractivity (Wildman–Crippen MR) is 141 cm³/mol. The average Bonchev–Trinajstić information content (AvgIpc) is 3.11. The molecule has 0 aliphatic heterocycles. The van der Waals surface area contributed by atoms with Crippen molar-refractivity contribution < 1.29 is 9.90 Å². The van der Waals surface area contributed by atoms with Crippen molar-refractivity contribution in [3.05, 3.63) is 34.2 Å². The number of nitrogens with zero attached hydrogens (tertiary/aromatic N) is 3.